The zero-order valence-corrected chi connectivity index (χ0v) is 12.6. The van der Waals surface area contributed by atoms with Crippen LogP contribution in [-0.2, 0) is 6.54 Å². The van der Waals surface area contributed by atoms with Gasteiger partial charge in [-0.3, -0.25) is 0 Å². The zero-order valence-electron chi connectivity index (χ0n) is 12.6. The van der Waals surface area contributed by atoms with Crippen molar-refractivity contribution >= 4 is 5.95 Å². The van der Waals surface area contributed by atoms with Crippen molar-refractivity contribution in [2.75, 3.05) is 18.0 Å². The molecule has 4 heteroatoms. The minimum atomic E-state index is 0.491. The third-order valence-electron chi connectivity index (χ3n) is 3.86. The molecule has 0 aromatic carbocycles. The van der Waals surface area contributed by atoms with Crippen molar-refractivity contribution in [2.24, 2.45) is 11.8 Å². The van der Waals surface area contributed by atoms with Gasteiger partial charge in [-0.2, -0.15) is 0 Å². The van der Waals surface area contributed by atoms with Crippen molar-refractivity contribution in [2.45, 2.75) is 46.7 Å². The Morgan fingerprint density at radius 2 is 1.95 bits per heavy atom. The standard InChI is InChI=1S/C15H26N4/c1-11(2)14-5-6-19(10-14)15-17-8-13(9-18-15)7-16-12(3)4/h8-9,11-12,14,16H,5-7,10H2,1-4H3. The Hall–Kier alpha value is -1.16. The second-order valence-electron chi connectivity index (χ2n) is 6.17. The fourth-order valence-corrected chi connectivity index (χ4v) is 2.44. The highest BCUT2D eigenvalue weighted by atomic mass is 15.3. The lowest BCUT2D eigenvalue weighted by Gasteiger charge is -2.18. The quantitative estimate of drug-likeness (QED) is 0.885. The predicted octanol–water partition coefficient (Wildman–Crippen LogP) is 2.46. The summed E-state index contributed by atoms with van der Waals surface area (Å²) in [7, 11) is 0. The van der Waals surface area contributed by atoms with Gasteiger partial charge in [0.25, 0.3) is 0 Å². The highest BCUT2D eigenvalue weighted by Gasteiger charge is 2.26. The van der Waals surface area contributed by atoms with Crippen molar-refractivity contribution in [1.29, 1.82) is 0 Å². The number of nitrogens with one attached hydrogen (secondary N) is 1. The molecule has 1 aliphatic rings. The molecule has 106 valence electrons. The molecule has 0 bridgehead atoms. The van der Waals surface area contributed by atoms with Gasteiger partial charge in [0, 0.05) is 43.6 Å². The Morgan fingerprint density at radius 1 is 1.26 bits per heavy atom. The Kier molecular flexibility index (Phi) is 4.75. The molecule has 1 fully saturated rings. The maximum absolute atomic E-state index is 4.51. The van der Waals surface area contributed by atoms with Crippen molar-refractivity contribution < 1.29 is 0 Å². The summed E-state index contributed by atoms with van der Waals surface area (Å²) in [6, 6.07) is 0.491. The van der Waals surface area contributed by atoms with Gasteiger partial charge in [0.2, 0.25) is 5.95 Å². The first-order chi connectivity index (χ1) is 9.06. The summed E-state index contributed by atoms with van der Waals surface area (Å²) in [5.74, 6) is 2.42. The molecule has 2 heterocycles. The Bertz CT molecular complexity index is 386. The van der Waals surface area contributed by atoms with E-state index in [9.17, 15) is 0 Å². The Labute approximate surface area is 116 Å². The molecular weight excluding hydrogens is 236 g/mol. The van der Waals surface area contributed by atoms with Gasteiger partial charge >= 0.3 is 0 Å². The van der Waals surface area contributed by atoms with Gasteiger partial charge in [-0.25, -0.2) is 9.97 Å². The number of hydrogen-bond acceptors (Lipinski definition) is 4. The van der Waals surface area contributed by atoms with Gasteiger partial charge in [-0.15, -0.1) is 0 Å². The van der Waals surface area contributed by atoms with Gasteiger partial charge in [0.05, 0.1) is 0 Å². The lowest BCUT2D eigenvalue weighted by atomic mass is 9.95. The van der Waals surface area contributed by atoms with Gasteiger partial charge in [0.15, 0.2) is 0 Å². The molecule has 0 amide bonds. The average molecular weight is 262 g/mol. The van der Waals surface area contributed by atoms with Crippen molar-refractivity contribution in [3.8, 4) is 0 Å². The van der Waals surface area contributed by atoms with Gasteiger partial charge in [0.1, 0.15) is 0 Å². The predicted molar refractivity (Wildman–Crippen MR) is 79.2 cm³/mol. The molecule has 19 heavy (non-hydrogen) atoms. The van der Waals surface area contributed by atoms with Gasteiger partial charge in [-0.1, -0.05) is 27.7 Å². The number of hydrogen-bond donors (Lipinski definition) is 1. The van der Waals surface area contributed by atoms with Crippen LogP contribution < -0.4 is 10.2 Å². The minimum Gasteiger partial charge on any atom is -0.341 e. The average Bonchev–Trinajstić information content (AvgIpc) is 2.86. The van der Waals surface area contributed by atoms with E-state index < -0.39 is 0 Å². The molecule has 0 saturated carbocycles. The van der Waals surface area contributed by atoms with Crippen LogP contribution in [0.25, 0.3) is 0 Å². The molecule has 1 aromatic rings. The topological polar surface area (TPSA) is 41.1 Å². The summed E-state index contributed by atoms with van der Waals surface area (Å²) < 4.78 is 0. The molecule has 1 N–H and O–H groups in total. The molecule has 1 aliphatic heterocycles. The summed E-state index contributed by atoms with van der Waals surface area (Å²) in [6.45, 7) is 11.9. The van der Waals surface area contributed by atoms with Crippen LogP contribution in [0.1, 0.15) is 39.7 Å². The fraction of sp³-hybridized carbons (Fsp3) is 0.733. The first-order valence-corrected chi connectivity index (χ1v) is 7.35. The smallest absolute Gasteiger partial charge is 0.225 e. The molecule has 0 radical (unpaired) electrons. The molecular formula is C15H26N4. The maximum Gasteiger partial charge on any atom is 0.225 e. The largest absolute Gasteiger partial charge is 0.341 e. The summed E-state index contributed by atoms with van der Waals surface area (Å²) in [5, 5.41) is 3.38. The molecule has 1 atom stereocenters. The van der Waals surface area contributed by atoms with E-state index in [1.165, 1.54) is 6.42 Å². The normalized spacial score (nSPS) is 19.7. The van der Waals surface area contributed by atoms with Crippen LogP contribution in [0.4, 0.5) is 5.95 Å². The molecule has 0 spiro atoms. The molecule has 0 aliphatic carbocycles. The first kappa shape index (κ1) is 14.3. The van der Waals surface area contributed by atoms with Crippen LogP contribution in [-0.4, -0.2) is 29.1 Å². The highest BCUT2D eigenvalue weighted by Crippen LogP contribution is 2.25. The SMILES string of the molecule is CC(C)NCc1cnc(N2CCC(C(C)C)C2)nc1. The van der Waals surface area contributed by atoms with E-state index in [1.807, 2.05) is 12.4 Å². The zero-order chi connectivity index (χ0) is 13.8. The third kappa shape index (κ3) is 3.90. The van der Waals surface area contributed by atoms with E-state index in [-0.39, 0.29) is 0 Å². The lowest BCUT2D eigenvalue weighted by molar-refractivity contribution is 0.422. The van der Waals surface area contributed by atoms with E-state index >= 15 is 0 Å². The Balaban J connectivity index is 1.92. The number of rotatable bonds is 5. The van der Waals surface area contributed by atoms with Crippen LogP contribution in [0.15, 0.2) is 12.4 Å². The van der Waals surface area contributed by atoms with Crippen LogP contribution >= 0.6 is 0 Å². The van der Waals surface area contributed by atoms with Gasteiger partial charge in [-0.05, 0) is 18.3 Å². The second-order valence-corrected chi connectivity index (χ2v) is 6.17. The summed E-state index contributed by atoms with van der Waals surface area (Å²) in [5.41, 5.74) is 1.15. The van der Waals surface area contributed by atoms with Crippen molar-refractivity contribution in [3.05, 3.63) is 18.0 Å². The first-order valence-electron chi connectivity index (χ1n) is 7.35. The molecule has 4 nitrogen and oxygen atoms in total. The Morgan fingerprint density at radius 3 is 2.47 bits per heavy atom. The highest BCUT2D eigenvalue weighted by molar-refractivity contribution is 5.31. The molecule has 1 unspecified atom stereocenters. The number of nitrogens with zero attached hydrogens (tertiary/aromatic N) is 3. The van der Waals surface area contributed by atoms with Gasteiger partial charge < -0.3 is 10.2 Å². The third-order valence-corrected chi connectivity index (χ3v) is 3.86. The van der Waals surface area contributed by atoms with E-state index in [1.54, 1.807) is 0 Å². The van der Waals surface area contributed by atoms with Crippen LogP contribution in [0.2, 0.25) is 0 Å². The van der Waals surface area contributed by atoms with Crippen LogP contribution in [0.3, 0.4) is 0 Å². The van der Waals surface area contributed by atoms with Crippen molar-refractivity contribution in [3.63, 3.8) is 0 Å². The summed E-state index contributed by atoms with van der Waals surface area (Å²) in [6.07, 6.45) is 5.15. The maximum atomic E-state index is 4.51. The van der Waals surface area contributed by atoms with E-state index in [0.29, 0.717) is 6.04 Å². The monoisotopic (exact) mass is 262 g/mol. The second kappa shape index (κ2) is 6.33. The summed E-state index contributed by atoms with van der Waals surface area (Å²) in [4.78, 5) is 11.3. The van der Waals surface area contributed by atoms with Crippen molar-refractivity contribution in [1.82, 2.24) is 15.3 Å². The molecule has 2 rings (SSSR count). The van der Waals surface area contributed by atoms with Crippen LogP contribution in [0.5, 0.6) is 0 Å². The number of anilines is 1. The summed E-state index contributed by atoms with van der Waals surface area (Å²) >= 11 is 0. The number of aromatic nitrogens is 2. The lowest BCUT2D eigenvalue weighted by Crippen LogP contribution is -2.24. The van der Waals surface area contributed by atoms with Crippen LogP contribution in [0, 0.1) is 11.8 Å². The molecule has 1 aromatic heterocycles. The minimum absolute atomic E-state index is 0.491. The fourth-order valence-electron chi connectivity index (χ4n) is 2.44. The van der Waals surface area contributed by atoms with E-state index in [4.69, 9.17) is 0 Å². The molecule has 1 saturated heterocycles. The van der Waals surface area contributed by atoms with E-state index in [0.717, 1.165) is 43.0 Å². The van der Waals surface area contributed by atoms with E-state index in [2.05, 4.69) is 47.9 Å².